The molecule has 1 N–H and O–H groups in total. The summed E-state index contributed by atoms with van der Waals surface area (Å²) < 4.78 is 11.4. The van der Waals surface area contributed by atoms with E-state index in [1.54, 1.807) is 0 Å². The molecule has 1 aliphatic rings. The van der Waals surface area contributed by atoms with Crippen molar-refractivity contribution in [2.45, 2.75) is 19.8 Å². The third-order valence-corrected chi connectivity index (χ3v) is 5.06. The molecule has 0 spiro atoms. The van der Waals surface area contributed by atoms with E-state index in [0.29, 0.717) is 13.2 Å². The summed E-state index contributed by atoms with van der Waals surface area (Å²) in [5, 5.41) is 5.67. The second-order valence-corrected chi connectivity index (χ2v) is 7.38. The number of rotatable bonds is 4. The van der Waals surface area contributed by atoms with Gasteiger partial charge in [0.25, 0.3) is 0 Å². The lowest BCUT2D eigenvalue weighted by molar-refractivity contribution is -0.115. The van der Waals surface area contributed by atoms with Gasteiger partial charge in [-0.3, -0.25) is 4.79 Å². The number of aryl methyl sites for hydroxylation is 1. The fraction of sp³-hybridized carbons (Fsp3) is 0.238. The molecule has 1 amide bonds. The first-order valence-electron chi connectivity index (χ1n) is 8.88. The molecule has 2 heterocycles. The molecule has 3 aromatic rings. The standard InChI is InChI=1S/C21H20N2O3S/c1-14-4-2-5-16(10-14)22-20(24)12-21-23-17(13-27-21)15-6-7-18-19(11-15)26-9-3-8-25-18/h2,4-7,10-11,13H,3,8-9,12H2,1H3,(H,22,24). The van der Waals surface area contributed by atoms with Gasteiger partial charge in [0.1, 0.15) is 5.01 Å². The van der Waals surface area contributed by atoms with E-state index in [2.05, 4.69) is 10.3 Å². The average molecular weight is 380 g/mol. The molecule has 27 heavy (non-hydrogen) atoms. The molecule has 0 fully saturated rings. The molecule has 1 aromatic heterocycles. The Morgan fingerprint density at radius 2 is 2.00 bits per heavy atom. The molecule has 138 valence electrons. The van der Waals surface area contributed by atoms with E-state index in [-0.39, 0.29) is 12.3 Å². The largest absolute Gasteiger partial charge is 0.490 e. The topological polar surface area (TPSA) is 60.5 Å². The van der Waals surface area contributed by atoms with Crippen LogP contribution in [-0.4, -0.2) is 24.1 Å². The second kappa shape index (κ2) is 7.80. The van der Waals surface area contributed by atoms with Gasteiger partial charge in [-0.15, -0.1) is 11.3 Å². The Labute approximate surface area is 162 Å². The first-order valence-corrected chi connectivity index (χ1v) is 9.76. The van der Waals surface area contributed by atoms with E-state index < -0.39 is 0 Å². The highest BCUT2D eigenvalue weighted by molar-refractivity contribution is 7.10. The number of carbonyl (C=O) groups excluding carboxylic acids is 1. The SMILES string of the molecule is Cc1cccc(NC(=O)Cc2nc(-c3ccc4c(c3)OCCCO4)cs2)c1. The lowest BCUT2D eigenvalue weighted by atomic mass is 10.1. The summed E-state index contributed by atoms with van der Waals surface area (Å²) in [5.41, 5.74) is 3.72. The van der Waals surface area contributed by atoms with Crippen molar-refractivity contribution in [2.75, 3.05) is 18.5 Å². The van der Waals surface area contributed by atoms with Gasteiger partial charge >= 0.3 is 0 Å². The van der Waals surface area contributed by atoms with Gasteiger partial charge < -0.3 is 14.8 Å². The first-order chi connectivity index (χ1) is 13.2. The Hall–Kier alpha value is -2.86. The number of nitrogens with zero attached hydrogens (tertiary/aromatic N) is 1. The molecule has 2 aromatic carbocycles. The van der Waals surface area contributed by atoms with E-state index in [9.17, 15) is 4.79 Å². The van der Waals surface area contributed by atoms with Gasteiger partial charge in [0.15, 0.2) is 11.5 Å². The number of ether oxygens (including phenoxy) is 2. The van der Waals surface area contributed by atoms with E-state index in [0.717, 1.165) is 45.4 Å². The van der Waals surface area contributed by atoms with Gasteiger partial charge in [-0.05, 0) is 42.8 Å². The summed E-state index contributed by atoms with van der Waals surface area (Å²) in [6.07, 6.45) is 1.13. The van der Waals surface area contributed by atoms with Gasteiger partial charge in [0.05, 0.1) is 25.3 Å². The van der Waals surface area contributed by atoms with Crippen LogP contribution in [0.5, 0.6) is 11.5 Å². The minimum Gasteiger partial charge on any atom is -0.490 e. The van der Waals surface area contributed by atoms with Crippen molar-refractivity contribution in [1.29, 1.82) is 0 Å². The lowest BCUT2D eigenvalue weighted by Gasteiger charge is -2.08. The maximum Gasteiger partial charge on any atom is 0.231 e. The predicted molar refractivity (Wildman–Crippen MR) is 107 cm³/mol. The normalized spacial score (nSPS) is 13.1. The van der Waals surface area contributed by atoms with Crippen molar-refractivity contribution in [1.82, 2.24) is 4.98 Å². The van der Waals surface area contributed by atoms with Crippen LogP contribution in [0.2, 0.25) is 0 Å². The number of anilines is 1. The van der Waals surface area contributed by atoms with Crippen molar-refractivity contribution in [2.24, 2.45) is 0 Å². The monoisotopic (exact) mass is 380 g/mol. The summed E-state index contributed by atoms with van der Waals surface area (Å²) in [6.45, 7) is 3.32. The molecule has 6 heteroatoms. The number of hydrogen-bond acceptors (Lipinski definition) is 5. The maximum absolute atomic E-state index is 12.3. The summed E-state index contributed by atoms with van der Waals surface area (Å²) in [6, 6.07) is 13.6. The van der Waals surface area contributed by atoms with Crippen molar-refractivity contribution in [3.05, 3.63) is 58.4 Å². The van der Waals surface area contributed by atoms with Gasteiger partial charge in [0.2, 0.25) is 5.91 Å². The second-order valence-electron chi connectivity index (χ2n) is 6.43. The van der Waals surface area contributed by atoms with Crippen LogP contribution in [0.4, 0.5) is 5.69 Å². The lowest BCUT2D eigenvalue weighted by Crippen LogP contribution is -2.14. The number of carbonyl (C=O) groups is 1. The molecule has 0 saturated carbocycles. The number of fused-ring (bicyclic) bond motifs is 1. The molecule has 0 saturated heterocycles. The molecule has 5 nitrogen and oxygen atoms in total. The minimum atomic E-state index is -0.0693. The predicted octanol–water partition coefficient (Wildman–Crippen LogP) is 4.46. The van der Waals surface area contributed by atoms with Crippen LogP contribution in [0.3, 0.4) is 0 Å². The average Bonchev–Trinajstić information content (AvgIpc) is 2.97. The molecular weight excluding hydrogens is 360 g/mol. The highest BCUT2D eigenvalue weighted by Crippen LogP contribution is 2.34. The smallest absolute Gasteiger partial charge is 0.231 e. The molecule has 0 atom stereocenters. The first kappa shape index (κ1) is 17.5. The third kappa shape index (κ3) is 4.28. The fourth-order valence-electron chi connectivity index (χ4n) is 2.91. The van der Waals surface area contributed by atoms with E-state index >= 15 is 0 Å². The molecule has 0 bridgehead atoms. The zero-order valence-corrected chi connectivity index (χ0v) is 15.8. The van der Waals surface area contributed by atoms with Crippen molar-refractivity contribution in [3.63, 3.8) is 0 Å². The molecular formula is C21H20N2O3S. The Kier molecular flexibility index (Phi) is 5.07. The van der Waals surface area contributed by atoms with E-state index in [1.165, 1.54) is 11.3 Å². The molecule has 0 radical (unpaired) electrons. The van der Waals surface area contributed by atoms with Crippen LogP contribution >= 0.6 is 11.3 Å². The molecule has 4 rings (SSSR count). The Morgan fingerprint density at radius 1 is 1.15 bits per heavy atom. The Bertz CT molecular complexity index is 968. The maximum atomic E-state index is 12.3. The summed E-state index contributed by atoms with van der Waals surface area (Å²) in [5.74, 6) is 1.45. The number of benzene rings is 2. The van der Waals surface area contributed by atoms with Crippen molar-refractivity contribution >= 4 is 22.9 Å². The van der Waals surface area contributed by atoms with Gasteiger partial charge in [-0.25, -0.2) is 4.98 Å². The molecule has 1 aliphatic heterocycles. The minimum absolute atomic E-state index is 0.0693. The quantitative estimate of drug-likeness (QED) is 0.726. The van der Waals surface area contributed by atoms with Gasteiger partial charge in [-0.1, -0.05) is 12.1 Å². The van der Waals surface area contributed by atoms with Crippen LogP contribution in [0, 0.1) is 6.92 Å². The van der Waals surface area contributed by atoms with Crippen LogP contribution in [0.15, 0.2) is 47.8 Å². The summed E-state index contributed by atoms with van der Waals surface area (Å²) in [7, 11) is 0. The number of thiazole rings is 1. The zero-order chi connectivity index (χ0) is 18.6. The van der Waals surface area contributed by atoms with Crippen molar-refractivity contribution in [3.8, 4) is 22.8 Å². The van der Waals surface area contributed by atoms with Crippen LogP contribution in [0.25, 0.3) is 11.3 Å². The number of amides is 1. The summed E-state index contributed by atoms with van der Waals surface area (Å²) >= 11 is 1.48. The van der Waals surface area contributed by atoms with Crippen LogP contribution in [-0.2, 0) is 11.2 Å². The van der Waals surface area contributed by atoms with Crippen molar-refractivity contribution < 1.29 is 14.3 Å². The van der Waals surface area contributed by atoms with Crippen LogP contribution in [0.1, 0.15) is 17.0 Å². The third-order valence-electron chi connectivity index (χ3n) is 4.21. The number of nitrogens with one attached hydrogen (secondary N) is 1. The van der Waals surface area contributed by atoms with Crippen LogP contribution < -0.4 is 14.8 Å². The molecule has 0 unspecified atom stereocenters. The Balaban J connectivity index is 1.45. The number of hydrogen-bond donors (Lipinski definition) is 1. The zero-order valence-electron chi connectivity index (χ0n) is 15.0. The highest BCUT2D eigenvalue weighted by Gasteiger charge is 2.14. The fourth-order valence-corrected chi connectivity index (χ4v) is 3.71. The Morgan fingerprint density at radius 3 is 2.85 bits per heavy atom. The van der Waals surface area contributed by atoms with Gasteiger partial charge in [-0.2, -0.15) is 0 Å². The molecule has 0 aliphatic carbocycles. The highest BCUT2D eigenvalue weighted by atomic mass is 32.1. The number of aromatic nitrogens is 1. The van der Waals surface area contributed by atoms with E-state index in [4.69, 9.17) is 9.47 Å². The summed E-state index contributed by atoms with van der Waals surface area (Å²) in [4.78, 5) is 16.9. The van der Waals surface area contributed by atoms with Gasteiger partial charge in [0, 0.05) is 23.1 Å². The van der Waals surface area contributed by atoms with E-state index in [1.807, 2.05) is 54.8 Å².